The molecule has 0 radical (unpaired) electrons. The molecule has 1 aromatic rings. The van der Waals surface area contributed by atoms with Gasteiger partial charge in [-0.3, -0.25) is 10.1 Å². The average Bonchev–Trinajstić information content (AvgIpc) is 2.17. The summed E-state index contributed by atoms with van der Waals surface area (Å²) in [5.41, 5.74) is 0.0970. The highest BCUT2D eigenvalue weighted by molar-refractivity contribution is 7.98. The van der Waals surface area contributed by atoms with Crippen molar-refractivity contribution in [1.82, 2.24) is 0 Å². The van der Waals surface area contributed by atoms with Crippen LogP contribution in [-0.4, -0.2) is 11.1 Å². The molecule has 5 heteroatoms. The van der Waals surface area contributed by atoms with Crippen molar-refractivity contribution < 1.29 is 4.92 Å². The second-order valence-corrected chi connectivity index (χ2v) is 4.21. The van der Waals surface area contributed by atoms with E-state index in [-0.39, 0.29) is 5.69 Å². The number of nitro benzene ring substituents is 1. The molecular formula is C10H12N2O2S. The molecule has 4 nitrogen and oxygen atoms in total. The average molecular weight is 224 g/mol. The van der Waals surface area contributed by atoms with Gasteiger partial charge in [0.25, 0.3) is 5.69 Å². The number of hydrogen-bond donors (Lipinski definition) is 0. The van der Waals surface area contributed by atoms with Crippen LogP contribution in [0.3, 0.4) is 0 Å². The standard InChI is InChI=1S/C10H12N2O2S/c1-8(2)7-11-15-10-5-3-4-9(6-10)12(13)14/h3-8H,1-2H3/b11-7-. The van der Waals surface area contributed by atoms with Gasteiger partial charge < -0.3 is 0 Å². The van der Waals surface area contributed by atoms with Crippen molar-refractivity contribution in [1.29, 1.82) is 0 Å². The van der Waals surface area contributed by atoms with Gasteiger partial charge in [0.1, 0.15) is 0 Å². The van der Waals surface area contributed by atoms with Crippen LogP contribution in [0.2, 0.25) is 0 Å². The molecule has 0 saturated heterocycles. The van der Waals surface area contributed by atoms with Crippen molar-refractivity contribution in [2.24, 2.45) is 10.3 Å². The number of nitrogens with zero attached hydrogens (tertiary/aromatic N) is 2. The van der Waals surface area contributed by atoms with Gasteiger partial charge >= 0.3 is 0 Å². The van der Waals surface area contributed by atoms with Crippen molar-refractivity contribution in [3.8, 4) is 0 Å². The summed E-state index contributed by atoms with van der Waals surface area (Å²) >= 11 is 1.25. The molecule has 0 spiro atoms. The zero-order valence-corrected chi connectivity index (χ0v) is 9.40. The van der Waals surface area contributed by atoms with E-state index in [0.717, 1.165) is 4.90 Å². The summed E-state index contributed by atoms with van der Waals surface area (Å²) in [4.78, 5) is 10.9. The number of nitro groups is 1. The molecular weight excluding hydrogens is 212 g/mol. The van der Waals surface area contributed by atoms with Crippen molar-refractivity contribution >= 4 is 23.8 Å². The lowest BCUT2D eigenvalue weighted by Crippen LogP contribution is -1.87. The van der Waals surface area contributed by atoms with Crippen LogP contribution >= 0.6 is 11.9 Å². The number of hydrogen-bond acceptors (Lipinski definition) is 4. The quantitative estimate of drug-likeness (QED) is 0.341. The van der Waals surface area contributed by atoms with Crippen LogP contribution in [0.15, 0.2) is 33.6 Å². The second kappa shape index (κ2) is 5.50. The first kappa shape index (κ1) is 11.7. The van der Waals surface area contributed by atoms with E-state index < -0.39 is 4.92 Å². The molecule has 0 aromatic heterocycles. The van der Waals surface area contributed by atoms with E-state index in [1.54, 1.807) is 12.1 Å². The smallest absolute Gasteiger partial charge is 0.258 e. The van der Waals surface area contributed by atoms with E-state index in [1.807, 2.05) is 20.1 Å². The fraction of sp³-hybridized carbons (Fsp3) is 0.300. The van der Waals surface area contributed by atoms with Crippen LogP contribution in [0.4, 0.5) is 5.69 Å². The number of benzene rings is 1. The third-order valence-electron chi connectivity index (χ3n) is 1.55. The van der Waals surface area contributed by atoms with Gasteiger partial charge in [-0.15, -0.1) is 0 Å². The summed E-state index contributed by atoms with van der Waals surface area (Å²) < 4.78 is 4.11. The summed E-state index contributed by atoms with van der Waals surface area (Å²) in [7, 11) is 0. The zero-order valence-electron chi connectivity index (χ0n) is 8.58. The van der Waals surface area contributed by atoms with Gasteiger partial charge in [0.15, 0.2) is 0 Å². The predicted molar refractivity (Wildman–Crippen MR) is 62.3 cm³/mol. The predicted octanol–water partition coefficient (Wildman–Crippen LogP) is 3.33. The summed E-state index contributed by atoms with van der Waals surface area (Å²) in [6.07, 6.45) is 1.81. The Hall–Kier alpha value is -1.36. The Balaban J connectivity index is 2.70. The number of non-ortho nitro benzene ring substituents is 1. The molecule has 15 heavy (non-hydrogen) atoms. The first-order chi connectivity index (χ1) is 7.09. The zero-order chi connectivity index (χ0) is 11.3. The van der Waals surface area contributed by atoms with Gasteiger partial charge in [-0.05, 0) is 12.0 Å². The molecule has 0 fully saturated rings. The summed E-state index contributed by atoms with van der Waals surface area (Å²) in [5, 5.41) is 10.5. The molecule has 80 valence electrons. The van der Waals surface area contributed by atoms with Crippen LogP contribution in [0.25, 0.3) is 0 Å². The SMILES string of the molecule is CC(C)/C=N\Sc1cccc([N+](=O)[O-])c1. The Morgan fingerprint density at radius 2 is 2.27 bits per heavy atom. The second-order valence-electron chi connectivity index (χ2n) is 3.34. The maximum absolute atomic E-state index is 10.5. The Morgan fingerprint density at radius 3 is 2.87 bits per heavy atom. The van der Waals surface area contributed by atoms with E-state index in [9.17, 15) is 10.1 Å². The third-order valence-corrected chi connectivity index (χ3v) is 2.24. The van der Waals surface area contributed by atoms with Crippen molar-refractivity contribution in [3.05, 3.63) is 34.4 Å². The van der Waals surface area contributed by atoms with Gasteiger partial charge in [-0.2, -0.15) is 0 Å². The lowest BCUT2D eigenvalue weighted by atomic mass is 10.3. The molecule has 0 atom stereocenters. The highest BCUT2D eigenvalue weighted by Crippen LogP contribution is 2.23. The summed E-state index contributed by atoms with van der Waals surface area (Å²) in [5.74, 6) is 0.385. The van der Waals surface area contributed by atoms with Gasteiger partial charge in [0, 0.05) is 35.2 Å². The molecule has 0 unspecified atom stereocenters. The maximum Gasteiger partial charge on any atom is 0.270 e. The van der Waals surface area contributed by atoms with Crippen molar-refractivity contribution in [2.75, 3.05) is 0 Å². The fourth-order valence-corrected chi connectivity index (χ4v) is 1.61. The molecule has 0 saturated carbocycles. The van der Waals surface area contributed by atoms with Crippen LogP contribution in [0.5, 0.6) is 0 Å². The van der Waals surface area contributed by atoms with Crippen LogP contribution < -0.4 is 0 Å². The Morgan fingerprint density at radius 1 is 1.53 bits per heavy atom. The molecule has 0 N–H and O–H groups in total. The first-order valence-corrected chi connectivity index (χ1v) is 5.32. The molecule has 0 aliphatic heterocycles. The fourth-order valence-electron chi connectivity index (χ4n) is 0.867. The highest BCUT2D eigenvalue weighted by atomic mass is 32.2. The minimum atomic E-state index is -0.407. The van der Waals surface area contributed by atoms with Crippen LogP contribution in [0.1, 0.15) is 13.8 Å². The third kappa shape index (κ3) is 4.12. The Labute approximate surface area is 92.7 Å². The molecule has 0 heterocycles. The van der Waals surface area contributed by atoms with Crippen molar-refractivity contribution in [2.45, 2.75) is 18.7 Å². The highest BCUT2D eigenvalue weighted by Gasteiger charge is 2.05. The lowest BCUT2D eigenvalue weighted by Gasteiger charge is -1.96. The van der Waals surface area contributed by atoms with E-state index in [0.29, 0.717) is 5.92 Å². The first-order valence-electron chi connectivity index (χ1n) is 4.54. The van der Waals surface area contributed by atoms with Crippen molar-refractivity contribution in [3.63, 3.8) is 0 Å². The molecule has 0 aliphatic carbocycles. The van der Waals surface area contributed by atoms with E-state index in [1.165, 1.54) is 24.1 Å². The molecule has 1 aromatic carbocycles. The van der Waals surface area contributed by atoms with E-state index in [2.05, 4.69) is 4.40 Å². The Bertz CT molecular complexity index is 377. The normalized spacial score (nSPS) is 11.1. The topological polar surface area (TPSA) is 55.5 Å². The van der Waals surface area contributed by atoms with Crippen LogP contribution in [-0.2, 0) is 0 Å². The Kier molecular flexibility index (Phi) is 4.30. The molecule has 0 bridgehead atoms. The van der Waals surface area contributed by atoms with Gasteiger partial charge in [-0.25, -0.2) is 4.40 Å². The molecule has 0 amide bonds. The lowest BCUT2D eigenvalue weighted by molar-refractivity contribution is -0.385. The molecule has 1 rings (SSSR count). The van der Waals surface area contributed by atoms with Gasteiger partial charge in [0.05, 0.1) is 4.92 Å². The molecule has 0 aliphatic rings. The minimum Gasteiger partial charge on any atom is -0.258 e. The monoisotopic (exact) mass is 224 g/mol. The largest absolute Gasteiger partial charge is 0.270 e. The minimum absolute atomic E-state index is 0.0970. The number of rotatable bonds is 4. The summed E-state index contributed by atoms with van der Waals surface area (Å²) in [6, 6.07) is 6.44. The van der Waals surface area contributed by atoms with Gasteiger partial charge in [-0.1, -0.05) is 19.9 Å². The van der Waals surface area contributed by atoms with E-state index in [4.69, 9.17) is 0 Å². The maximum atomic E-state index is 10.5. The van der Waals surface area contributed by atoms with E-state index >= 15 is 0 Å². The van der Waals surface area contributed by atoms with Crippen LogP contribution in [0, 0.1) is 16.0 Å². The summed E-state index contributed by atoms with van der Waals surface area (Å²) in [6.45, 7) is 4.05. The van der Waals surface area contributed by atoms with Gasteiger partial charge in [0.2, 0.25) is 0 Å².